The van der Waals surface area contributed by atoms with Gasteiger partial charge in [0.2, 0.25) is 0 Å². The zero-order chi connectivity index (χ0) is 30.2. The summed E-state index contributed by atoms with van der Waals surface area (Å²) in [7, 11) is 3.11. The summed E-state index contributed by atoms with van der Waals surface area (Å²) in [5.74, 6) is -2.87. The number of Topliss-reactive ketones (excluding diaryl/α,β-unsaturated/α-hetero) is 1. The molecule has 0 spiro atoms. The molecule has 8 nitrogen and oxygen atoms in total. The summed E-state index contributed by atoms with van der Waals surface area (Å²) in [5.41, 5.74) is -3.65. The van der Waals surface area contributed by atoms with E-state index in [1.807, 2.05) is 13.0 Å². The van der Waals surface area contributed by atoms with Crippen molar-refractivity contribution in [2.45, 2.75) is 115 Å². The Kier molecular flexibility index (Phi) is 9.62. The maximum Gasteiger partial charge on any atom is 0.306 e. The molecule has 0 saturated heterocycles. The molecule has 0 unspecified atom stereocenters. The van der Waals surface area contributed by atoms with E-state index in [-0.39, 0.29) is 37.5 Å². The maximum atomic E-state index is 13.4. The lowest BCUT2D eigenvalue weighted by atomic mass is 9.59. The van der Waals surface area contributed by atoms with Crippen LogP contribution >= 0.6 is 0 Å². The number of esters is 1. The average Bonchev–Trinajstić information content (AvgIpc) is 3.34. The van der Waals surface area contributed by atoms with Crippen LogP contribution in [0.1, 0.15) is 92.4 Å². The van der Waals surface area contributed by atoms with Crippen LogP contribution in [-0.2, 0) is 28.5 Å². The van der Waals surface area contributed by atoms with Crippen LogP contribution in [0.4, 0.5) is 0 Å². The van der Waals surface area contributed by atoms with E-state index in [9.17, 15) is 19.8 Å². The van der Waals surface area contributed by atoms with Gasteiger partial charge < -0.3 is 29.2 Å². The minimum Gasteiger partial charge on any atom is -0.455 e. The Morgan fingerprint density at radius 3 is 2.32 bits per heavy atom. The standard InChI is InChI=1S/C33H52O8/c1-8-9-10-11-12-13-14-15-26(34)41-33-27(30(33,4)5)24-17-23(19-38-6)18-31(36)25(16-21(2)28(31)35)32(24,37)22(3)29(33)40-20-39-7/h16-17,22,24-25,27,29,36-37H,8-15,18-20H2,1-7H3/t22-,24+,25-,27-,29-,31-,32-,33-/m1/s1. The first-order chi connectivity index (χ1) is 19.4. The van der Waals surface area contributed by atoms with E-state index < -0.39 is 46.1 Å². The summed E-state index contributed by atoms with van der Waals surface area (Å²) in [5, 5.41) is 24.7. The van der Waals surface area contributed by atoms with Crippen LogP contribution < -0.4 is 0 Å². The van der Waals surface area contributed by atoms with Crippen molar-refractivity contribution >= 4 is 11.8 Å². The number of unbranched alkanes of at least 4 members (excludes halogenated alkanes) is 6. The Labute approximate surface area is 245 Å². The molecule has 8 atom stereocenters. The second-order valence-corrected chi connectivity index (χ2v) is 13.5. The van der Waals surface area contributed by atoms with Crippen molar-refractivity contribution < 1.29 is 38.7 Å². The minimum atomic E-state index is -1.79. The predicted octanol–water partition coefficient (Wildman–Crippen LogP) is 4.90. The molecule has 232 valence electrons. The first-order valence-electron chi connectivity index (χ1n) is 15.6. The lowest BCUT2D eigenvalue weighted by Gasteiger charge is -2.53. The fourth-order valence-corrected chi connectivity index (χ4v) is 8.69. The van der Waals surface area contributed by atoms with Crippen LogP contribution in [-0.4, -0.2) is 72.5 Å². The van der Waals surface area contributed by atoms with Crippen molar-refractivity contribution in [2.75, 3.05) is 27.6 Å². The van der Waals surface area contributed by atoms with E-state index >= 15 is 0 Å². The Bertz CT molecular complexity index is 1050. The monoisotopic (exact) mass is 576 g/mol. The van der Waals surface area contributed by atoms with Crippen LogP contribution in [0.25, 0.3) is 0 Å². The number of hydrogen-bond acceptors (Lipinski definition) is 8. The van der Waals surface area contributed by atoms with Gasteiger partial charge in [-0.2, -0.15) is 0 Å². The number of rotatable bonds is 14. The molecule has 0 aromatic carbocycles. The van der Waals surface area contributed by atoms with Crippen LogP contribution in [0.3, 0.4) is 0 Å². The van der Waals surface area contributed by atoms with Crippen LogP contribution in [0.5, 0.6) is 0 Å². The van der Waals surface area contributed by atoms with Crippen molar-refractivity contribution in [3.8, 4) is 0 Å². The Morgan fingerprint density at radius 1 is 1.02 bits per heavy atom. The fourth-order valence-electron chi connectivity index (χ4n) is 8.69. The molecule has 2 fully saturated rings. The highest BCUT2D eigenvalue weighted by molar-refractivity contribution is 6.04. The molecule has 4 aliphatic rings. The minimum absolute atomic E-state index is 0.0386. The summed E-state index contributed by atoms with van der Waals surface area (Å²) < 4.78 is 23.5. The molecule has 0 amide bonds. The van der Waals surface area contributed by atoms with E-state index in [2.05, 4.69) is 20.8 Å². The van der Waals surface area contributed by atoms with Crippen LogP contribution in [0, 0.1) is 29.1 Å². The highest BCUT2D eigenvalue weighted by Crippen LogP contribution is 2.77. The van der Waals surface area contributed by atoms with Gasteiger partial charge in [-0.1, -0.05) is 78.4 Å². The summed E-state index contributed by atoms with van der Waals surface area (Å²) in [6.07, 6.45) is 11.2. The molecule has 8 heteroatoms. The third-order valence-corrected chi connectivity index (χ3v) is 10.7. The number of hydrogen-bond donors (Lipinski definition) is 2. The highest BCUT2D eigenvalue weighted by Gasteiger charge is 2.87. The zero-order valence-electron chi connectivity index (χ0n) is 26.2. The van der Waals surface area contributed by atoms with Gasteiger partial charge in [0.15, 0.2) is 5.78 Å². The molecule has 0 heterocycles. The van der Waals surface area contributed by atoms with E-state index in [4.69, 9.17) is 18.9 Å². The average molecular weight is 577 g/mol. The lowest BCUT2D eigenvalue weighted by molar-refractivity contribution is -0.243. The third kappa shape index (κ3) is 5.16. The molecular formula is C33H52O8. The lowest BCUT2D eigenvalue weighted by Crippen LogP contribution is -2.66. The molecule has 0 bridgehead atoms. The second-order valence-electron chi connectivity index (χ2n) is 13.5. The van der Waals surface area contributed by atoms with Crippen molar-refractivity contribution in [2.24, 2.45) is 29.1 Å². The molecular weight excluding hydrogens is 524 g/mol. The molecule has 4 aliphatic carbocycles. The van der Waals surface area contributed by atoms with Crippen molar-refractivity contribution in [3.63, 3.8) is 0 Å². The van der Waals surface area contributed by atoms with Gasteiger partial charge in [-0.3, -0.25) is 9.59 Å². The smallest absolute Gasteiger partial charge is 0.306 e. The summed E-state index contributed by atoms with van der Waals surface area (Å²) >= 11 is 0. The Hall–Kier alpha value is -1.58. The number of fused-ring (bicyclic) bond motifs is 5. The van der Waals surface area contributed by atoms with Crippen molar-refractivity contribution in [1.82, 2.24) is 0 Å². The van der Waals surface area contributed by atoms with Crippen molar-refractivity contribution in [1.29, 1.82) is 0 Å². The van der Waals surface area contributed by atoms with Crippen molar-refractivity contribution in [3.05, 3.63) is 23.3 Å². The van der Waals surface area contributed by atoms with Gasteiger partial charge in [-0.15, -0.1) is 0 Å². The number of carbonyl (C=O) groups excluding carboxylic acids is 2. The summed E-state index contributed by atoms with van der Waals surface area (Å²) in [6.45, 7) is 10.1. The molecule has 0 aliphatic heterocycles. The zero-order valence-corrected chi connectivity index (χ0v) is 26.2. The number of carbonyl (C=O) groups is 2. The van der Waals surface area contributed by atoms with Gasteiger partial charge in [0.1, 0.15) is 24.1 Å². The number of ketones is 1. The maximum absolute atomic E-state index is 13.4. The molecule has 2 saturated carbocycles. The number of aliphatic hydroxyl groups is 2. The fraction of sp³-hybridized carbons (Fsp3) is 0.818. The third-order valence-electron chi connectivity index (χ3n) is 10.7. The van der Waals surface area contributed by atoms with Crippen LogP contribution in [0.2, 0.25) is 0 Å². The Balaban J connectivity index is 1.68. The summed E-state index contributed by atoms with van der Waals surface area (Å²) in [6, 6.07) is 0. The molecule has 0 aromatic rings. The quantitative estimate of drug-likeness (QED) is 0.130. The molecule has 2 N–H and O–H groups in total. The first-order valence-corrected chi connectivity index (χ1v) is 15.6. The molecule has 0 radical (unpaired) electrons. The summed E-state index contributed by atoms with van der Waals surface area (Å²) in [4.78, 5) is 26.7. The Morgan fingerprint density at radius 2 is 1.68 bits per heavy atom. The van der Waals surface area contributed by atoms with Gasteiger partial charge in [-0.05, 0) is 24.5 Å². The van der Waals surface area contributed by atoms with E-state index in [1.54, 1.807) is 20.1 Å². The molecule has 41 heavy (non-hydrogen) atoms. The number of methoxy groups -OCH3 is 2. The van der Waals surface area contributed by atoms with Gasteiger partial charge in [0, 0.05) is 56.1 Å². The highest BCUT2D eigenvalue weighted by atomic mass is 16.7. The first kappa shape index (κ1) is 32.3. The normalized spacial score (nSPS) is 38.8. The number of ether oxygens (including phenoxy) is 4. The molecule has 4 rings (SSSR count). The topological polar surface area (TPSA) is 112 Å². The van der Waals surface area contributed by atoms with Gasteiger partial charge in [0.05, 0.1) is 12.2 Å². The predicted molar refractivity (Wildman–Crippen MR) is 155 cm³/mol. The molecule has 0 aromatic heterocycles. The van der Waals surface area contributed by atoms with Crippen LogP contribution in [0.15, 0.2) is 23.3 Å². The van der Waals surface area contributed by atoms with E-state index in [0.717, 1.165) is 24.8 Å². The van der Waals surface area contributed by atoms with E-state index in [1.165, 1.54) is 32.8 Å². The van der Waals surface area contributed by atoms with Gasteiger partial charge in [0.25, 0.3) is 0 Å². The van der Waals surface area contributed by atoms with Gasteiger partial charge in [-0.25, -0.2) is 0 Å². The second kappa shape index (κ2) is 12.2. The largest absolute Gasteiger partial charge is 0.455 e. The SMILES string of the molecule is CCCCCCCCCC(=O)O[C@@]12[C@H](OCOC)[C@@H](C)[C@@]3(O)[C@@H](C=C(COC)C[C@]4(O)C(=O)C(C)=C[C@@H]34)[C@@H]1C2(C)C. The van der Waals surface area contributed by atoms with E-state index in [0.29, 0.717) is 12.0 Å². The van der Waals surface area contributed by atoms with Gasteiger partial charge >= 0.3 is 5.97 Å².